The number of methoxy groups -OCH3 is 1. The van der Waals surface area contributed by atoms with Gasteiger partial charge in [0.05, 0.1) is 0 Å². The van der Waals surface area contributed by atoms with Gasteiger partial charge in [-0.2, -0.15) is 0 Å². The molecule has 3 heteroatoms. The molecule has 0 aliphatic rings. The van der Waals surface area contributed by atoms with E-state index >= 15 is 0 Å². The summed E-state index contributed by atoms with van der Waals surface area (Å²) in [6.07, 6.45) is 1.06. The molecular weight excluding hydrogens is 238 g/mol. The zero-order valence-corrected chi connectivity index (χ0v) is 11.1. The summed E-state index contributed by atoms with van der Waals surface area (Å²) in [5, 5.41) is 2.08. The fourth-order valence-electron chi connectivity index (χ4n) is 2.19. The van der Waals surface area contributed by atoms with Crippen molar-refractivity contribution in [3.05, 3.63) is 48.0 Å². The molecule has 0 aromatic heterocycles. The third-order valence-electron chi connectivity index (χ3n) is 3.23. The van der Waals surface area contributed by atoms with Crippen molar-refractivity contribution >= 4 is 16.6 Å². The average Bonchev–Trinajstić information content (AvgIpc) is 2.44. The van der Waals surface area contributed by atoms with Crippen LogP contribution in [0.5, 0.6) is 0 Å². The Hall–Kier alpha value is -1.71. The first-order valence-electron chi connectivity index (χ1n) is 6.48. The topological polar surface area (TPSA) is 52.3 Å². The van der Waals surface area contributed by atoms with E-state index in [2.05, 4.69) is 0 Å². The molecule has 3 nitrogen and oxygen atoms in total. The predicted molar refractivity (Wildman–Crippen MR) is 77.4 cm³/mol. The Morgan fingerprint density at radius 2 is 1.95 bits per heavy atom. The van der Waals surface area contributed by atoms with Crippen molar-refractivity contribution in [1.29, 1.82) is 0 Å². The fourth-order valence-corrected chi connectivity index (χ4v) is 2.19. The van der Waals surface area contributed by atoms with Crippen molar-refractivity contribution in [3.63, 3.8) is 0 Å². The Labute approximate surface area is 113 Å². The van der Waals surface area contributed by atoms with Gasteiger partial charge < -0.3 is 10.5 Å². The minimum atomic E-state index is -0.147. The summed E-state index contributed by atoms with van der Waals surface area (Å²) in [6, 6.07) is 13.6. The Bertz CT molecular complexity index is 560. The number of nitrogens with two attached hydrogens (primary N) is 1. The largest absolute Gasteiger partial charge is 0.385 e. The monoisotopic (exact) mass is 257 g/mol. The Balaban J connectivity index is 2.17. The number of carbonyl (C=O) groups is 1. The fraction of sp³-hybridized carbons (Fsp3) is 0.312. The normalized spacial score (nSPS) is 12.5. The van der Waals surface area contributed by atoms with Crippen LogP contribution in [0.15, 0.2) is 42.5 Å². The third kappa shape index (κ3) is 3.40. The first kappa shape index (κ1) is 13.7. The van der Waals surface area contributed by atoms with Gasteiger partial charge in [0.25, 0.3) is 0 Å². The SMILES string of the molecule is COCCC(N)CC(=O)c1cccc2ccccc12. The summed E-state index contributed by atoms with van der Waals surface area (Å²) in [5.74, 6) is 0.0976. The number of ketones is 1. The lowest BCUT2D eigenvalue weighted by molar-refractivity contribution is 0.0968. The summed E-state index contributed by atoms with van der Waals surface area (Å²) in [5.41, 5.74) is 6.70. The zero-order chi connectivity index (χ0) is 13.7. The first-order chi connectivity index (χ1) is 9.22. The van der Waals surface area contributed by atoms with Crippen LogP contribution in [-0.2, 0) is 4.74 Å². The van der Waals surface area contributed by atoms with Gasteiger partial charge in [0.1, 0.15) is 0 Å². The van der Waals surface area contributed by atoms with Crippen LogP contribution in [0.3, 0.4) is 0 Å². The Morgan fingerprint density at radius 1 is 1.21 bits per heavy atom. The van der Waals surface area contributed by atoms with Crippen LogP contribution < -0.4 is 5.73 Å². The molecule has 0 heterocycles. The van der Waals surface area contributed by atoms with Gasteiger partial charge >= 0.3 is 0 Å². The smallest absolute Gasteiger partial charge is 0.165 e. The highest BCUT2D eigenvalue weighted by atomic mass is 16.5. The minimum absolute atomic E-state index is 0.0976. The molecule has 0 aliphatic heterocycles. The van der Waals surface area contributed by atoms with Gasteiger partial charge in [0.15, 0.2) is 5.78 Å². The summed E-state index contributed by atoms with van der Waals surface area (Å²) in [6.45, 7) is 0.587. The maximum atomic E-state index is 12.3. The molecule has 0 saturated carbocycles. The van der Waals surface area contributed by atoms with Gasteiger partial charge in [-0.1, -0.05) is 42.5 Å². The highest BCUT2D eigenvalue weighted by molar-refractivity contribution is 6.08. The molecule has 2 rings (SSSR count). The molecular formula is C16H19NO2. The number of carbonyl (C=O) groups excluding carboxylic acids is 1. The number of hydrogen-bond acceptors (Lipinski definition) is 3. The van der Waals surface area contributed by atoms with Gasteiger partial charge in [-0.15, -0.1) is 0 Å². The maximum absolute atomic E-state index is 12.3. The quantitative estimate of drug-likeness (QED) is 0.810. The molecule has 19 heavy (non-hydrogen) atoms. The zero-order valence-electron chi connectivity index (χ0n) is 11.1. The molecule has 0 amide bonds. The van der Waals surface area contributed by atoms with Crippen LogP contribution in [0, 0.1) is 0 Å². The molecule has 0 aliphatic carbocycles. The van der Waals surface area contributed by atoms with Gasteiger partial charge in [-0.3, -0.25) is 4.79 Å². The molecule has 0 spiro atoms. The van der Waals surface area contributed by atoms with Crippen LogP contribution in [0.2, 0.25) is 0 Å². The first-order valence-corrected chi connectivity index (χ1v) is 6.48. The number of hydrogen-bond donors (Lipinski definition) is 1. The minimum Gasteiger partial charge on any atom is -0.385 e. The molecule has 0 saturated heterocycles. The van der Waals surface area contributed by atoms with E-state index in [-0.39, 0.29) is 11.8 Å². The van der Waals surface area contributed by atoms with Crippen molar-refractivity contribution in [2.45, 2.75) is 18.9 Å². The second-order valence-corrected chi connectivity index (χ2v) is 4.70. The highest BCUT2D eigenvalue weighted by Gasteiger charge is 2.13. The third-order valence-corrected chi connectivity index (χ3v) is 3.23. The maximum Gasteiger partial charge on any atom is 0.165 e. The lowest BCUT2D eigenvalue weighted by Crippen LogP contribution is -2.25. The Kier molecular flexibility index (Phi) is 4.66. The molecule has 0 fully saturated rings. The summed E-state index contributed by atoms with van der Waals surface area (Å²) in [4.78, 5) is 12.3. The van der Waals surface area contributed by atoms with Crippen molar-refractivity contribution in [1.82, 2.24) is 0 Å². The van der Waals surface area contributed by atoms with Crippen LogP contribution in [0.25, 0.3) is 10.8 Å². The molecule has 0 radical (unpaired) electrons. The van der Waals surface area contributed by atoms with E-state index in [0.717, 1.165) is 16.3 Å². The standard InChI is InChI=1S/C16H19NO2/c1-19-10-9-13(17)11-16(18)15-8-4-6-12-5-2-3-7-14(12)15/h2-8,13H,9-11,17H2,1H3. The molecule has 0 bridgehead atoms. The molecule has 2 aromatic rings. The molecule has 2 aromatic carbocycles. The van der Waals surface area contributed by atoms with E-state index in [0.29, 0.717) is 19.4 Å². The van der Waals surface area contributed by atoms with Crippen LogP contribution in [0.4, 0.5) is 0 Å². The van der Waals surface area contributed by atoms with Crippen LogP contribution in [-0.4, -0.2) is 25.5 Å². The summed E-state index contributed by atoms with van der Waals surface area (Å²) >= 11 is 0. The number of fused-ring (bicyclic) bond motifs is 1. The van der Waals surface area contributed by atoms with Gasteiger partial charge in [0.2, 0.25) is 0 Å². The van der Waals surface area contributed by atoms with Crippen molar-refractivity contribution < 1.29 is 9.53 Å². The van der Waals surface area contributed by atoms with E-state index in [4.69, 9.17) is 10.5 Å². The van der Waals surface area contributed by atoms with E-state index in [1.807, 2.05) is 42.5 Å². The van der Waals surface area contributed by atoms with Crippen LogP contribution in [0.1, 0.15) is 23.2 Å². The van der Waals surface area contributed by atoms with E-state index < -0.39 is 0 Å². The van der Waals surface area contributed by atoms with E-state index in [1.165, 1.54) is 0 Å². The molecule has 1 unspecified atom stereocenters. The number of ether oxygens (including phenoxy) is 1. The number of rotatable bonds is 6. The van der Waals surface area contributed by atoms with Crippen molar-refractivity contribution in [2.24, 2.45) is 5.73 Å². The lowest BCUT2D eigenvalue weighted by Gasteiger charge is -2.11. The van der Waals surface area contributed by atoms with Crippen molar-refractivity contribution in [3.8, 4) is 0 Å². The molecule has 100 valence electrons. The lowest BCUT2D eigenvalue weighted by atomic mass is 9.97. The average molecular weight is 257 g/mol. The van der Waals surface area contributed by atoms with Gasteiger partial charge in [0, 0.05) is 31.7 Å². The second kappa shape index (κ2) is 6.45. The Morgan fingerprint density at radius 3 is 2.74 bits per heavy atom. The molecule has 1 atom stereocenters. The number of benzene rings is 2. The molecule has 2 N–H and O–H groups in total. The van der Waals surface area contributed by atoms with Crippen molar-refractivity contribution in [2.75, 3.05) is 13.7 Å². The van der Waals surface area contributed by atoms with Gasteiger partial charge in [-0.25, -0.2) is 0 Å². The second-order valence-electron chi connectivity index (χ2n) is 4.70. The van der Waals surface area contributed by atoms with E-state index in [9.17, 15) is 4.79 Å². The van der Waals surface area contributed by atoms with Crippen LogP contribution >= 0.6 is 0 Å². The summed E-state index contributed by atoms with van der Waals surface area (Å²) < 4.78 is 4.98. The number of Topliss-reactive ketones (excluding diaryl/α,β-unsaturated/α-hetero) is 1. The summed E-state index contributed by atoms with van der Waals surface area (Å²) in [7, 11) is 1.64. The highest BCUT2D eigenvalue weighted by Crippen LogP contribution is 2.20. The predicted octanol–water partition coefficient (Wildman–Crippen LogP) is 2.78. The van der Waals surface area contributed by atoms with E-state index in [1.54, 1.807) is 7.11 Å². The van der Waals surface area contributed by atoms with Gasteiger partial charge in [-0.05, 0) is 17.2 Å².